The van der Waals surface area contributed by atoms with Crippen LogP contribution < -0.4 is 15.1 Å². The zero-order chi connectivity index (χ0) is 23.4. The summed E-state index contributed by atoms with van der Waals surface area (Å²) >= 11 is 0. The van der Waals surface area contributed by atoms with E-state index in [9.17, 15) is 14.9 Å². The molecule has 0 spiro atoms. The minimum absolute atomic E-state index is 0.0579. The number of rotatable bonds is 6. The Labute approximate surface area is 192 Å². The molecular formula is C24H26FN5O3. The lowest BCUT2D eigenvalue weighted by Gasteiger charge is -2.39. The molecule has 2 aliphatic rings. The van der Waals surface area contributed by atoms with E-state index in [-0.39, 0.29) is 31.0 Å². The van der Waals surface area contributed by atoms with Crippen LogP contribution in [0.5, 0.6) is 0 Å². The van der Waals surface area contributed by atoms with E-state index in [0.717, 1.165) is 5.69 Å². The number of amides is 2. The van der Waals surface area contributed by atoms with Crippen LogP contribution in [0, 0.1) is 23.1 Å². The van der Waals surface area contributed by atoms with Crippen LogP contribution in [0.1, 0.15) is 25.5 Å². The third-order valence-electron chi connectivity index (χ3n) is 6.07. The molecule has 4 rings (SSSR count). The number of nitrogens with one attached hydrogen (secondary N) is 1. The average Bonchev–Trinajstić information content (AvgIpc) is 3.19. The Hall–Kier alpha value is -3.67. The lowest BCUT2D eigenvalue weighted by Crippen LogP contribution is -2.44. The van der Waals surface area contributed by atoms with Gasteiger partial charge in [0.25, 0.3) is 0 Å². The normalized spacial score (nSPS) is 22.6. The number of aromatic nitrogens is 1. The first-order chi connectivity index (χ1) is 15.9. The molecule has 1 aromatic heterocycles. The number of benzene rings is 1. The maximum absolute atomic E-state index is 15.3. The van der Waals surface area contributed by atoms with Gasteiger partial charge in [0.1, 0.15) is 11.9 Å². The molecule has 33 heavy (non-hydrogen) atoms. The summed E-state index contributed by atoms with van der Waals surface area (Å²) in [5.74, 6) is -0.718. The first-order valence-corrected chi connectivity index (χ1v) is 11.0. The third kappa shape index (κ3) is 5.22. The second-order valence-corrected chi connectivity index (χ2v) is 8.41. The van der Waals surface area contributed by atoms with E-state index in [1.165, 1.54) is 17.9 Å². The number of piperidine rings is 1. The molecule has 172 valence electrons. The standard InChI is InChI=1S/C24H26FN5O3/c1-16(31)28-14-21-15-30(24(32)33-21)19-5-6-23(22(25)12-19)29-9-7-17(13-26)10-20(29)11-18-4-2-3-8-27-18/h2-6,8,12,17,20-21H,7,9-11,14-15H2,1H3,(H,28,31)/t17?,20?,21-/m0/s1. The van der Waals surface area contributed by atoms with Crippen molar-refractivity contribution in [2.45, 2.75) is 38.3 Å². The second-order valence-electron chi connectivity index (χ2n) is 8.41. The highest BCUT2D eigenvalue weighted by molar-refractivity contribution is 5.90. The highest BCUT2D eigenvalue weighted by atomic mass is 19.1. The number of pyridine rings is 1. The number of ether oxygens (including phenoxy) is 1. The molecule has 8 nitrogen and oxygen atoms in total. The smallest absolute Gasteiger partial charge is 0.414 e. The van der Waals surface area contributed by atoms with Gasteiger partial charge in [0.2, 0.25) is 5.91 Å². The topological polar surface area (TPSA) is 98.6 Å². The van der Waals surface area contributed by atoms with Crippen molar-refractivity contribution in [3.8, 4) is 6.07 Å². The molecule has 0 bridgehead atoms. The second kappa shape index (κ2) is 9.86. The number of nitriles is 1. The van der Waals surface area contributed by atoms with Crippen molar-refractivity contribution in [3.05, 3.63) is 54.1 Å². The van der Waals surface area contributed by atoms with Crippen LogP contribution >= 0.6 is 0 Å². The Balaban J connectivity index is 1.52. The number of hydrogen-bond acceptors (Lipinski definition) is 6. The molecule has 2 unspecified atom stereocenters. The highest BCUT2D eigenvalue weighted by Gasteiger charge is 2.34. The van der Waals surface area contributed by atoms with Crippen LogP contribution in [0.25, 0.3) is 0 Å². The first kappa shape index (κ1) is 22.5. The Morgan fingerprint density at radius 3 is 2.91 bits per heavy atom. The molecule has 0 aliphatic carbocycles. The monoisotopic (exact) mass is 451 g/mol. The van der Waals surface area contributed by atoms with Gasteiger partial charge in [0, 0.05) is 43.7 Å². The largest absolute Gasteiger partial charge is 0.442 e. The molecule has 2 aliphatic heterocycles. The summed E-state index contributed by atoms with van der Waals surface area (Å²) in [6.07, 6.45) is 2.59. The van der Waals surface area contributed by atoms with E-state index in [1.807, 2.05) is 23.1 Å². The molecule has 0 saturated carbocycles. The molecule has 2 amide bonds. The van der Waals surface area contributed by atoms with Crippen LogP contribution in [-0.4, -0.2) is 48.8 Å². The van der Waals surface area contributed by atoms with Gasteiger partial charge in [-0.2, -0.15) is 5.26 Å². The average molecular weight is 452 g/mol. The molecule has 3 atom stereocenters. The van der Waals surface area contributed by atoms with E-state index < -0.39 is 18.0 Å². The lowest BCUT2D eigenvalue weighted by molar-refractivity contribution is -0.119. The lowest BCUT2D eigenvalue weighted by atomic mass is 9.89. The Morgan fingerprint density at radius 1 is 1.36 bits per heavy atom. The number of carbonyl (C=O) groups is 2. The number of hydrogen-bond donors (Lipinski definition) is 1. The third-order valence-corrected chi connectivity index (χ3v) is 6.07. The van der Waals surface area contributed by atoms with Crippen molar-refractivity contribution in [1.29, 1.82) is 5.26 Å². The van der Waals surface area contributed by atoms with Crippen molar-refractivity contribution in [1.82, 2.24) is 10.3 Å². The molecule has 3 heterocycles. The summed E-state index contributed by atoms with van der Waals surface area (Å²) in [7, 11) is 0. The van der Waals surface area contributed by atoms with Gasteiger partial charge in [0.05, 0.1) is 30.5 Å². The zero-order valence-electron chi connectivity index (χ0n) is 18.4. The minimum Gasteiger partial charge on any atom is -0.442 e. The first-order valence-electron chi connectivity index (χ1n) is 11.0. The molecule has 0 radical (unpaired) electrons. The summed E-state index contributed by atoms with van der Waals surface area (Å²) in [6, 6.07) is 12.7. The number of halogens is 1. The Kier molecular flexibility index (Phi) is 6.73. The molecule has 9 heteroatoms. The number of nitrogens with zero attached hydrogens (tertiary/aromatic N) is 4. The van der Waals surface area contributed by atoms with E-state index in [4.69, 9.17) is 4.74 Å². The predicted octanol–water partition coefficient (Wildman–Crippen LogP) is 3.03. The van der Waals surface area contributed by atoms with E-state index >= 15 is 4.39 Å². The molecular weight excluding hydrogens is 425 g/mol. The molecule has 1 N–H and O–H groups in total. The highest BCUT2D eigenvalue weighted by Crippen LogP contribution is 2.34. The fourth-order valence-corrected chi connectivity index (χ4v) is 4.43. The SMILES string of the molecule is CC(=O)NC[C@H]1CN(c2ccc(N3CCC(C#N)CC3Cc3ccccn3)c(F)c2)C(=O)O1. The van der Waals surface area contributed by atoms with Crippen molar-refractivity contribution >= 4 is 23.4 Å². The van der Waals surface area contributed by atoms with Crippen LogP contribution in [0.4, 0.5) is 20.6 Å². The Bertz CT molecular complexity index is 1060. The minimum atomic E-state index is -0.569. The maximum Gasteiger partial charge on any atom is 0.414 e. The number of carbonyl (C=O) groups excluding carboxylic acids is 2. The molecule has 2 aromatic rings. The number of anilines is 2. The van der Waals surface area contributed by atoms with Crippen LogP contribution in [-0.2, 0) is 16.0 Å². The summed E-state index contributed by atoms with van der Waals surface area (Å²) in [5, 5.41) is 12.1. The van der Waals surface area contributed by atoms with E-state index in [2.05, 4.69) is 16.4 Å². The van der Waals surface area contributed by atoms with Gasteiger partial charge in [-0.1, -0.05) is 6.07 Å². The number of cyclic esters (lactones) is 1. The van der Waals surface area contributed by atoms with E-state index in [0.29, 0.717) is 37.2 Å². The van der Waals surface area contributed by atoms with Crippen LogP contribution in [0.3, 0.4) is 0 Å². The fourth-order valence-electron chi connectivity index (χ4n) is 4.43. The van der Waals surface area contributed by atoms with E-state index in [1.54, 1.807) is 18.3 Å². The maximum atomic E-state index is 15.3. The zero-order valence-corrected chi connectivity index (χ0v) is 18.4. The fraction of sp³-hybridized carbons (Fsp3) is 0.417. The summed E-state index contributed by atoms with van der Waals surface area (Å²) < 4.78 is 20.6. The molecule has 1 aromatic carbocycles. The van der Waals surface area contributed by atoms with Gasteiger partial charge >= 0.3 is 6.09 Å². The van der Waals surface area contributed by atoms with Gasteiger partial charge in [-0.15, -0.1) is 0 Å². The van der Waals surface area contributed by atoms with Crippen molar-refractivity contribution in [3.63, 3.8) is 0 Å². The van der Waals surface area contributed by atoms with Crippen molar-refractivity contribution in [2.24, 2.45) is 5.92 Å². The van der Waals surface area contributed by atoms with Gasteiger partial charge in [0.15, 0.2) is 0 Å². The van der Waals surface area contributed by atoms with Crippen molar-refractivity contribution < 1.29 is 18.7 Å². The molecule has 2 fully saturated rings. The van der Waals surface area contributed by atoms with Gasteiger partial charge in [-0.05, 0) is 43.2 Å². The van der Waals surface area contributed by atoms with Crippen molar-refractivity contribution in [2.75, 3.05) is 29.4 Å². The Morgan fingerprint density at radius 2 is 2.21 bits per heavy atom. The van der Waals surface area contributed by atoms with Gasteiger partial charge in [-0.3, -0.25) is 14.7 Å². The summed E-state index contributed by atoms with van der Waals surface area (Å²) in [5.41, 5.74) is 1.74. The summed E-state index contributed by atoms with van der Waals surface area (Å²) in [6.45, 7) is 2.40. The van der Waals surface area contributed by atoms with Gasteiger partial charge < -0.3 is 15.0 Å². The van der Waals surface area contributed by atoms with Gasteiger partial charge in [-0.25, -0.2) is 9.18 Å². The molecule has 2 saturated heterocycles. The van der Waals surface area contributed by atoms with Crippen LogP contribution in [0.15, 0.2) is 42.6 Å². The van der Waals surface area contributed by atoms with Crippen LogP contribution in [0.2, 0.25) is 0 Å². The predicted molar refractivity (Wildman–Crippen MR) is 120 cm³/mol. The quantitative estimate of drug-likeness (QED) is 0.725. The summed E-state index contributed by atoms with van der Waals surface area (Å²) in [4.78, 5) is 31.1.